The van der Waals surface area contributed by atoms with Gasteiger partial charge in [-0.3, -0.25) is 0 Å². The zero-order chi connectivity index (χ0) is 15.7. The average molecular weight is 298 g/mol. The Morgan fingerprint density at radius 1 is 1.19 bits per heavy atom. The fourth-order valence-electron chi connectivity index (χ4n) is 2.33. The lowest BCUT2D eigenvalue weighted by atomic mass is 10.0. The van der Waals surface area contributed by atoms with Crippen LogP contribution in [-0.2, 0) is 15.9 Å². The number of hydrogen-bond donors (Lipinski definition) is 1. The number of anilines is 1. The van der Waals surface area contributed by atoms with Crippen LogP contribution in [0.4, 0.5) is 10.1 Å². The fourth-order valence-corrected chi connectivity index (χ4v) is 2.33. The summed E-state index contributed by atoms with van der Waals surface area (Å²) in [5.74, 6) is -0.224. The van der Waals surface area contributed by atoms with Gasteiger partial charge < -0.3 is 20.1 Å². The molecular formula is C16H27FN2O2. The lowest BCUT2D eigenvalue weighted by molar-refractivity contribution is 0.191. The first-order valence-corrected chi connectivity index (χ1v) is 7.35. The molecule has 0 saturated heterocycles. The summed E-state index contributed by atoms with van der Waals surface area (Å²) in [7, 11) is 3.37. The molecule has 0 bridgehead atoms. The van der Waals surface area contributed by atoms with E-state index in [0.717, 1.165) is 30.8 Å². The minimum atomic E-state index is -0.224. The molecule has 0 aliphatic heterocycles. The quantitative estimate of drug-likeness (QED) is 0.673. The summed E-state index contributed by atoms with van der Waals surface area (Å²) in [5, 5.41) is 0. The van der Waals surface area contributed by atoms with Gasteiger partial charge in [-0.05, 0) is 43.5 Å². The zero-order valence-corrected chi connectivity index (χ0v) is 13.3. The van der Waals surface area contributed by atoms with Crippen molar-refractivity contribution in [2.75, 3.05) is 45.4 Å². The third-order valence-electron chi connectivity index (χ3n) is 3.27. The molecule has 4 nitrogen and oxygen atoms in total. The van der Waals surface area contributed by atoms with Crippen molar-refractivity contribution in [3.05, 3.63) is 29.6 Å². The molecule has 0 aliphatic rings. The second-order valence-corrected chi connectivity index (χ2v) is 5.28. The molecule has 0 fully saturated rings. The van der Waals surface area contributed by atoms with Crippen LogP contribution in [0.5, 0.6) is 0 Å². The normalized spacial score (nSPS) is 12.4. The van der Waals surface area contributed by atoms with Gasteiger partial charge in [0.1, 0.15) is 5.82 Å². The van der Waals surface area contributed by atoms with Crippen molar-refractivity contribution in [2.24, 2.45) is 5.73 Å². The van der Waals surface area contributed by atoms with Crippen molar-refractivity contribution in [2.45, 2.75) is 25.8 Å². The second kappa shape index (κ2) is 9.71. The Morgan fingerprint density at radius 3 is 2.52 bits per heavy atom. The number of rotatable bonds is 10. The number of nitrogens with two attached hydrogens (primary N) is 1. The standard InChI is InChI=1S/C16H27FN2O2/c1-13(18)11-14-12-15(17)5-6-16(14)19(8-10-21-3)7-4-9-20-2/h5-6,12-13H,4,7-11,18H2,1-3H3. The molecule has 0 aromatic heterocycles. The Hall–Kier alpha value is -1.17. The van der Waals surface area contributed by atoms with E-state index in [1.54, 1.807) is 20.3 Å². The van der Waals surface area contributed by atoms with E-state index in [9.17, 15) is 4.39 Å². The Kier molecular flexibility index (Phi) is 8.27. The third-order valence-corrected chi connectivity index (χ3v) is 3.27. The Bertz CT molecular complexity index is 413. The van der Waals surface area contributed by atoms with Gasteiger partial charge in [0.05, 0.1) is 6.61 Å². The first-order valence-electron chi connectivity index (χ1n) is 7.35. The van der Waals surface area contributed by atoms with Crippen LogP contribution in [0, 0.1) is 5.82 Å². The van der Waals surface area contributed by atoms with E-state index in [1.165, 1.54) is 6.07 Å². The molecule has 1 aromatic carbocycles. The van der Waals surface area contributed by atoms with Gasteiger partial charge >= 0.3 is 0 Å². The molecule has 0 amide bonds. The van der Waals surface area contributed by atoms with Gasteiger partial charge in [-0.25, -0.2) is 4.39 Å². The molecule has 0 heterocycles. The van der Waals surface area contributed by atoms with E-state index >= 15 is 0 Å². The van der Waals surface area contributed by atoms with Crippen molar-refractivity contribution in [1.82, 2.24) is 0 Å². The molecule has 0 saturated carbocycles. The molecule has 120 valence electrons. The van der Waals surface area contributed by atoms with Gasteiger partial charge in [0.25, 0.3) is 0 Å². The molecule has 21 heavy (non-hydrogen) atoms. The van der Waals surface area contributed by atoms with Gasteiger partial charge in [0, 0.05) is 45.6 Å². The highest BCUT2D eigenvalue weighted by Crippen LogP contribution is 2.23. The molecule has 5 heteroatoms. The topological polar surface area (TPSA) is 47.7 Å². The number of nitrogens with zero attached hydrogens (tertiary/aromatic N) is 1. The predicted molar refractivity (Wildman–Crippen MR) is 84.3 cm³/mol. The van der Waals surface area contributed by atoms with E-state index in [1.807, 2.05) is 13.0 Å². The smallest absolute Gasteiger partial charge is 0.123 e. The van der Waals surface area contributed by atoms with E-state index in [4.69, 9.17) is 15.2 Å². The van der Waals surface area contributed by atoms with Crippen LogP contribution in [-0.4, -0.2) is 46.6 Å². The van der Waals surface area contributed by atoms with Gasteiger partial charge in [0.15, 0.2) is 0 Å². The van der Waals surface area contributed by atoms with E-state index in [-0.39, 0.29) is 11.9 Å². The zero-order valence-electron chi connectivity index (χ0n) is 13.3. The molecule has 1 atom stereocenters. The number of benzene rings is 1. The highest BCUT2D eigenvalue weighted by atomic mass is 19.1. The first-order chi connectivity index (χ1) is 10.1. The Morgan fingerprint density at radius 2 is 1.90 bits per heavy atom. The number of ether oxygens (including phenoxy) is 2. The van der Waals surface area contributed by atoms with Crippen molar-refractivity contribution in [1.29, 1.82) is 0 Å². The SMILES string of the molecule is COCCCN(CCOC)c1ccc(F)cc1CC(C)N. The van der Waals surface area contributed by atoms with Crippen LogP contribution in [0.2, 0.25) is 0 Å². The van der Waals surface area contributed by atoms with Crippen molar-refractivity contribution in [3.8, 4) is 0 Å². The van der Waals surface area contributed by atoms with Crippen LogP contribution >= 0.6 is 0 Å². The maximum Gasteiger partial charge on any atom is 0.123 e. The molecular weight excluding hydrogens is 271 g/mol. The number of halogens is 1. The molecule has 1 unspecified atom stereocenters. The lowest BCUT2D eigenvalue weighted by Gasteiger charge is -2.27. The molecule has 0 spiro atoms. The summed E-state index contributed by atoms with van der Waals surface area (Å²) in [6.07, 6.45) is 1.57. The van der Waals surface area contributed by atoms with Crippen molar-refractivity contribution < 1.29 is 13.9 Å². The highest BCUT2D eigenvalue weighted by molar-refractivity contribution is 5.54. The lowest BCUT2D eigenvalue weighted by Crippen LogP contribution is -2.31. The van der Waals surface area contributed by atoms with Crippen LogP contribution in [0.15, 0.2) is 18.2 Å². The molecule has 2 N–H and O–H groups in total. The van der Waals surface area contributed by atoms with Gasteiger partial charge in [-0.1, -0.05) is 0 Å². The Balaban J connectivity index is 2.92. The Labute approximate surface area is 127 Å². The van der Waals surface area contributed by atoms with Crippen LogP contribution < -0.4 is 10.6 Å². The minimum Gasteiger partial charge on any atom is -0.385 e. The maximum atomic E-state index is 13.5. The maximum absolute atomic E-state index is 13.5. The molecule has 1 aromatic rings. The van der Waals surface area contributed by atoms with E-state index in [2.05, 4.69) is 4.90 Å². The summed E-state index contributed by atoms with van der Waals surface area (Å²) in [6.45, 7) is 4.86. The van der Waals surface area contributed by atoms with Crippen molar-refractivity contribution in [3.63, 3.8) is 0 Å². The first kappa shape index (κ1) is 17.9. The summed E-state index contributed by atoms with van der Waals surface area (Å²) < 4.78 is 23.8. The van der Waals surface area contributed by atoms with E-state index < -0.39 is 0 Å². The summed E-state index contributed by atoms with van der Waals surface area (Å²) in [4.78, 5) is 2.21. The third kappa shape index (κ3) is 6.42. The van der Waals surface area contributed by atoms with Crippen LogP contribution in [0.1, 0.15) is 18.9 Å². The fraction of sp³-hybridized carbons (Fsp3) is 0.625. The largest absolute Gasteiger partial charge is 0.385 e. The summed E-state index contributed by atoms with van der Waals surface area (Å²) in [5.41, 5.74) is 7.85. The van der Waals surface area contributed by atoms with E-state index in [0.29, 0.717) is 19.6 Å². The minimum absolute atomic E-state index is 0.00574. The van der Waals surface area contributed by atoms with Crippen LogP contribution in [0.25, 0.3) is 0 Å². The average Bonchev–Trinajstić information content (AvgIpc) is 2.43. The summed E-state index contributed by atoms with van der Waals surface area (Å²) in [6, 6.07) is 4.90. The molecule has 0 radical (unpaired) electrons. The molecule has 0 aliphatic carbocycles. The second-order valence-electron chi connectivity index (χ2n) is 5.28. The monoisotopic (exact) mass is 298 g/mol. The van der Waals surface area contributed by atoms with Crippen LogP contribution in [0.3, 0.4) is 0 Å². The highest BCUT2D eigenvalue weighted by Gasteiger charge is 2.13. The van der Waals surface area contributed by atoms with Gasteiger partial charge in [0.2, 0.25) is 0 Å². The van der Waals surface area contributed by atoms with Crippen molar-refractivity contribution >= 4 is 5.69 Å². The molecule has 1 rings (SSSR count). The number of hydrogen-bond acceptors (Lipinski definition) is 4. The van der Waals surface area contributed by atoms with Gasteiger partial charge in [-0.2, -0.15) is 0 Å². The number of methoxy groups -OCH3 is 2. The summed E-state index contributed by atoms with van der Waals surface area (Å²) >= 11 is 0. The van der Waals surface area contributed by atoms with Gasteiger partial charge in [-0.15, -0.1) is 0 Å². The predicted octanol–water partition coefficient (Wildman–Crippen LogP) is 2.20.